The van der Waals surface area contributed by atoms with Gasteiger partial charge in [0.25, 0.3) is 0 Å². The number of aryl methyl sites for hydroxylation is 1. The molecular weight excluding hydrogens is 284 g/mol. The highest BCUT2D eigenvalue weighted by Crippen LogP contribution is 2.23. The van der Waals surface area contributed by atoms with E-state index in [1.807, 2.05) is 30.3 Å². The fourth-order valence-electron chi connectivity index (χ4n) is 2.61. The quantitative estimate of drug-likeness (QED) is 0.791. The van der Waals surface area contributed by atoms with E-state index >= 15 is 0 Å². The second-order valence-corrected chi connectivity index (χ2v) is 5.47. The summed E-state index contributed by atoms with van der Waals surface area (Å²) in [7, 11) is 0. The van der Waals surface area contributed by atoms with E-state index in [0.717, 1.165) is 29.0 Å². The van der Waals surface area contributed by atoms with Crippen LogP contribution in [0.15, 0.2) is 48.5 Å². The van der Waals surface area contributed by atoms with Crippen molar-refractivity contribution in [2.24, 2.45) is 0 Å². The molecule has 0 spiro atoms. The molecule has 0 fully saturated rings. The summed E-state index contributed by atoms with van der Waals surface area (Å²) in [5, 5.41) is 11.1. The van der Waals surface area contributed by atoms with Gasteiger partial charge in [-0.1, -0.05) is 35.9 Å². The summed E-state index contributed by atoms with van der Waals surface area (Å²) in [6.07, 6.45) is -0.0890. The number of hydrogen-bond acceptors (Lipinski definition) is 2. The number of para-hydroxylation sites is 2. The van der Waals surface area contributed by atoms with Crippen LogP contribution in [-0.4, -0.2) is 14.7 Å². The molecule has 0 amide bonds. The Labute approximate surface area is 128 Å². The molecule has 2 aromatic carbocycles. The van der Waals surface area contributed by atoms with Crippen molar-refractivity contribution < 1.29 is 5.11 Å². The molecule has 0 bridgehead atoms. The number of rotatable bonds is 4. The first-order chi connectivity index (χ1) is 10.2. The molecule has 1 heterocycles. The zero-order valence-corrected chi connectivity index (χ0v) is 12.6. The van der Waals surface area contributed by atoms with Gasteiger partial charge in [0.2, 0.25) is 0 Å². The summed E-state index contributed by atoms with van der Waals surface area (Å²) in [5.41, 5.74) is 2.94. The molecule has 1 unspecified atom stereocenters. The predicted octanol–water partition coefficient (Wildman–Crippen LogP) is 3.99. The maximum atomic E-state index is 10.4. The third-order valence-corrected chi connectivity index (χ3v) is 3.93. The van der Waals surface area contributed by atoms with Crippen LogP contribution in [0.5, 0.6) is 0 Å². The van der Waals surface area contributed by atoms with Gasteiger partial charge in [0.15, 0.2) is 0 Å². The maximum absolute atomic E-state index is 10.4. The topological polar surface area (TPSA) is 38.0 Å². The molecule has 0 aliphatic carbocycles. The highest BCUT2D eigenvalue weighted by atomic mass is 35.5. The highest BCUT2D eigenvalue weighted by molar-refractivity contribution is 6.30. The lowest BCUT2D eigenvalue weighted by molar-refractivity contribution is 0.174. The summed E-state index contributed by atoms with van der Waals surface area (Å²) in [6.45, 7) is 2.93. The third kappa shape index (κ3) is 2.80. The molecule has 0 radical (unpaired) electrons. The van der Waals surface area contributed by atoms with Gasteiger partial charge in [-0.3, -0.25) is 0 Å². The molecule has 3 nitrogen and oxygen atoms in total. The minimum atomic E-state index is -0.579. The van der Waals surface area contributed by atoms with Crippen molar-refractivity contribution >= 4 is 22.6 Å². The molecule has 4 heteroatoms. The number of halogens is 1. The van der Waals surface area contributed by atoms with Crippen molar-refractivity contribution in [3.05, 3.63) is 64.9 Å². The number of fused-ring (bicyclic) bond motifs is 1. The average molecular weight is 301 g/mol. The highest BCUT2D eigenvalue weighted by Gasteiger charge is 2.15. The lowest BCUT2D eigenvalue weighted by atomic mass is 10.1. The van der Waals surface area contributed by atoms with Gasteiger partial charge in [-0.2, -0.15) is 0 Å². The van der Waals surface area contributed by atoms with Crippen molar-refractivity contribution in [3.8, 4) is 0 Å². The number of aromatic nitrogens is 2. The van der Waals surface area contributed by atoms with Gasteiger partial charge in [0.05, 0.1) is 17.1 Å². The van der Waals surface area contributed by atoms with E-state index in [0.29, 0.717) is 11.4 Å². The Morgan fingerprint density at radius 1 is 1.14 bits per heavy atom. The summed E-state index contributed by atoms with van der Waals surface area (Å²) in [6, 6.07) is 15.3. The Bertz CT molecular complexity index is 749. The first-order valence-electron chi connectivity index (χ1n) is 7.06. The van der Waals surface area contributed by atoms with Crippen molar-refractivity contribution in [1.29, 1.82) is 0 Å². The summed E-state index contributed by atoms with van der Waals surface area (Å²) < 4.78 is 2.15. The number of imidazole rings is 1. The molecule has 1 aromatic heterocycles. The Kier molecular flexibility index (Phi) is 3.95. The third-order valence-electron chi connectivity index (χ3n) is 3.68. The monoisotopic (exact) mass is 300 g/mol. The summed E-state index contributed by atoms with van der Waals surface area (Å²) >= 11 is 5.88. The molecular formula is C17H17ClN2O. The van der Waals surface area contributed by atoms with Gasteiger partial charge in [0.1, 0.15) is 5.82 Å². The van der Waals surface area contributed by atoms with Crippen molar-refractivity contribution in [2.75, 3.05) is 0 Å². The summed E-state index contributed by atoms with van der Waals surface area (Å²) in [5.74, 6) is 0.904. The maximum Gasteiger partial charge on any atom is 0.112 e. The van der Waals surface area contributed by atoms with Gasteiger partial charge < -0.3 is 9.67 Å². The van der Waals surface area contributed by atoms with E-state index in [1.165, 1.54) is 0 Å². The van der Waals surface area contributed by atoms with E-state index in [4.69, 9.17) is 11.6 Å². The zero-order chi connectivity index (χ0) is 14.8. The van der Waals surface area contributed by atoms with Crippen molar-refractivity contribution in [2.45, 2.75) is 26.0 Å². The van der Waals surface area contributed by atoms with Crippen LogP contribution < -0.4 is 0 Å². The number of hydrogen-bond donors (Lipinski definition) is 1. The van der Waals surface area contributed by atoms with Gasteiger partial charge in [-0.15, -0.1) is 0 Å². The van der Waals surface area contributed by atoms with Crippen LogP contribution in [-0.2, 0) is 13.0 Å². The standard InChI is InChI=1S/C17H17ClN2O/c1-2-20-15-6-4-3-5-14(15)19-17(20)11-16(21)12-7-9-13(18)10-8-12/h3-10,16,21H,2,11H2,1H3. The Morgan fingerprint density at radius 3 is 2.57 bits per heavy atom. The first kappa shape index (κ1) is 14.1. The normalized spacial score (nSPS) is 12.7. The molecule has 1 atom stereocenters. The first-order valence-corrected chi connectivity index (χ1v) is 7.44. The van der Waals surface area contributed by atoms with E-state index in [2.05, 4.69) is 22.5 Å². The Hall–Kier alpha value is -1.84. The molecule has 0 aliphatic heterocycles. The molecule has 21 heavy (non-hydrogen) atoms. The number of aliphatic hydroxyl groups is 1. The van der Waals surface area contributed by atoms with Crippen LogP contribution in [0.1, 0.15) is 24.4 Å². The van der Waals surface area contributed by atoms with Crippen LogP contribution in [0.3, 0.4) is 0 Å². The molecule has 3 aromatic rings. The van der Waals surface area contributed by atoms with Gasteiger partial charge in [0, 0.05) is 18.0 Å². The van der Waals surface area contributed by atoms with Crippen molar-refractivity contribution in [1.82, 2.24) is 9.55 Å². The van der Waals surface area contributed by atoms with Crippen LogP contribution >= 0.6 is 11.6 Å². The van der Waals surface area contributed by atoms with Crippen LogP contribution in [0.2, 0.25) is 5.02 Å². The zero-order valence-electron chi connectivity index (χ0n) is 11.8. The molecule has 108 valence electrons. The molecule has 1 N–H and O–H groups in total. The Balaban J connectivity index is 1.92. The largest absolute Gasteiger partial charge is 0.388 e. The predicted molar refractivity (Wildman–Crippen MR) is 85.5 cm³/mol. The Morgan fingerprint density at radius 2 is 1.86 bits per heavy atom. The lowest BCUT2D eigenvalue weighted by Gasteiger charge is -2.12. The molecule has 0 saturated carbocycles. The van der Waals surface area contributed by atoms with Gasteiger partial charge >= 0.3 is 0 Å². The fourth-order valence-corrected chi connectivity index (χ4v) is 2.74. The smallest absolute Gasteiger partial charge is 0.112 e. The number of aliphatic hydroxyl groups excluding tert-OH is 1. The SMILES string of the molecule is CCn1c(CC(O)c2ccc(Cl)cc2)nc2ccccc21. The van der Waals surface area contributed by atoms with E-state index in [9.17, 15) is 5.11 Å². The number of nitrogens with zero attached hydrogens (tertiary/aromatic N) is 2. The number of benzene rings is 2. The second kappa shape index (κ2) is 5.88. The van der Waals surface area contributed by atoms with E-state index in [-0.39, 0.29) is 0 Å². The van der Waals surface area contributed by atoms with Crippen LogP contribution in [0, 0.1) is 0 Å². The van der Waals surface area contributed by atoms with E-state index < -0.39 is 6.10 Å². The van der Waals surface area contributed by atoms with Crippen LogP contribution in [0.25, 0.3) is 11.0 Å². The van der Waals surface area contributed by atoms with Gasteiger partial charge in [-0.25, -0.2) is 4.98 Å². The minimum absolute atomic E-state index is 0.490. The minimum Gasteiger partial charge on any atom is -0.388 e. The van der Waals surface area contributed by atoms with E-state index in [1.54, 1.807) is 12.1 Å². The molecule has 0 saturated heterocycles. The lowest BCUT2D eigenvalue weighted by Crippen LogP contribution is -2.08. The fraction of sp³-hybridized carbons (Fsp3) is 0.235. The van der Waals surface area contributed by atoms with Gasteiger partial charge in [-0.05, 0) is 36.8 Å². The molecule has 0 aliphatic rings. The molecule has 3 rings (SSSR count). The summed E-state index contributed by atoms with van der Waals surface area (Å²) in [4.78, 5) is 4.64. The average Bonchev–Trinajstić information content (AvgIpc) is 2.84. The van der Waals surface area contributed by atoms with Crippen LogP contribution in [0.4, 0.5) is 0 Å². The van der Waals surface area contributed by atoms with Crippen molar-refractivity contribution in [3.63, 3.8) is 0 Å². The second-order valence-electron chi connectivity index (χ2n) is 5.03.